The molecule has 10 heteroatoms. The highest BCUT2D eigenvalue weighted by Crippen LogP contribution is 2.38. The second-order valence-corrected chi connectivity index (χ2v) is 11.8. The second-order valence-electron chi connectivity index (χ2n) is 11.8. The summed E-state index contributed by atoms with van der Waals surface area (Å²) < 4.78 is 10.8. The molecule has 0 aromatic heterocycles. The molecule has 0 unspecified atom stereocenters. The van der Waals surface area contributed by atoms with Gasteiger partial charge >= 0.3 is 6.03 Å². The zero-order valence-electron chi connectivity index (χ0n) is 27.3. The maximum absolute atomic E-state index is 13.6. The molecule has 0 saturated heterocycles. The molecule has 1 atom stereocenters. The molecule has 4 amide bonds. The smallest absolute Gasteiger partial charge is 0.323 e. The highest BCUT2D eigenvalue weighted by atomic mass is 16.7. The Kier molecular flexibility index (Phi) is 9.15. The van der Waals surface area contributed by atoms with E-state index in [2.05, 4.69) is 26.6 Å². The van der Waals surface area contributed by atoms with Crippen LogP contribution in [0.5, 0.6) is 11.5 Å². The van der Waals surface area contributed by atoms with Gasteiger partial charge in [-0.15, -0.1) is 0 Å². The molecular weight excluding hydrogens is 630 g/mol. The van der Waals surface area contributed by atoms with Crippen LogP contribution in [0.1, 0.15) is 52.0 Å². The number of amides is 4. The van der Waals surface area contributed by atoms with Crippen LogP contribution in [0.25, 0.3) is 11.3 Å². The Balaban J connectivity index is 1.15. The third-order valence-corrected chi connectivity index (χ3v) is 8.61. The van der Waals surface area contributed by atoms with Gasteiger partial charge in [0.1, 0.15) is 0 Å². The van der Waals surface area contributed by atoms with Gasteiger partial charge < -0.3 is 36.1 Å². The van der Waals surface area contributed by atoms with Crippen LogP contribution in [0, 0.1) is 0 Å². The van der Waals surface area contributed by atoms with E-state index in [0.29, 0.717) is 51.0 Å². The van der Waals surface area contributed by atoms with E-state index in [1.807, 2.05) is 91.9 Å². The molecule has 0 radical (unpaired) electrons. The number of carbonyl (C=O) groups is 3. The predicted molar refractivity (Wildman–Crippen MR) is 194 cm³/mol. The zero-order chi connectivity index (χ0) is 34.5. The molecule has 2 aliphatic heterocycles. The molecule has 0 spiro atoms. The van der Waals surface area contributed by atoms with Crippen LogP contribution in [0.2, 0.25) is 0 Å². The molecule has 7 rings (SSSR count). The number of anilines is 3. The monoisotopic (exact) mass is 665 g/mol. The van der Waals surface area contributed by atoms with Gasteiger partial charge in [0.15, 0.2) is 11.5 Å². The molecular formula is C40H35N5O5. The first-order valence-electron chi connectivity index (χ1n) is 16.4. The Morgan fingerprint density at radius 3 is 2.32 bits per heavy atom. The number of ether oxygens (including phenoxy) is 2. The van der Waals surface area contributed by atoms with Gasteiger partial charge in [-0.25, -0.2) is 4.79 Å². The number of para-hydroxylation sites is 1. The molecule has 50 heavy (non-hydrogen) atoms. The summed E-state index contributed by atoms with van der Waals surface area (Å²) in [6.45, 7) is 2.46. The number of carbonyl (C=O) groups excluding carboxylic acids is 3. The van der Waals surface area contributed by atoms with E-state index >= 15 is 0 Å². The molecule has 250 valence electrons. The van der Waals surface area contributed by atoms with Gasteiger partial charge in [0.05, 0.1) is 17.3 Å². The highest BCUT2D eigenvalue weighted by molar-refractivity contribution is 6.36. The zero-order valence-corrected chi connectivity index (χ0v) is 27.3. The number of rotatable bonds is 10. The summed E-state index contributed by atoms with van der Waals surface area (Å²) in [6, 6.07) is 36.7. The van der Waals surface area contributed by atoms with Crippen LogP contribution in [0.15, 0.2) is 121 Å². The van der Waals surface area contributed by atoms with Gasteiger partial charge in [-0.2, -0.15) is 0 Å². The summed E-state index contributed by atoms with van der Waals surface area (Å²) in [7, 11) is 0. The highest BCUT2D eigenvalue weighted by Gasteiger charge is 2.30. The van der Waals surface area contributed by atoms with Crippen molar-refractivity contribution in [2.24, 2.45) is 0 Å². The van der Waals surface area contributed by atoms with E-state index in [-0.39, 0.29) is 31.2 Å². The summed E-state index contributed by atoms with van der Waals surface area (Å²) >= 11 is 0. The van der Waals surface area contributed by atoms with E-state index in [1.54, 1.807) is 36.4 Å². The Morgan fingerprint density at radius 2 is 1.52 bits per heavy atom. The van der Waals surface area contributed by atoms with Crippen LogP contribution in [0.4, 0.5) is 21.9 Å². The Hall–Kier alpha value is -6.55. The van der Waals surface area contributed by atoms with Crippen molar-refractivity contribution >= 4 is 46.2 Å². The lowest BCUT2D eigenvalue weighted by atomic mass is 9.97. The average Bonchev–Trinajstić information content (AvgIpc) is 3.75. The van der Waals surface area contributed by atoms with Gasteiger partial charge in [0.25, 0.3) is 11.8 Å². The molecule has 0 fully saturated rings. The van der Waals surface area contributed by atoms with Crippen molar-refractivity contribution in [3.8, 4) is 11.5 Å². The first-order chi connectivity index (χ1) is 24.5. The Morgan fingerprint density at radius 1 is 0.780 bits per heavy atom. The SMILES string of the molecule is CC[C@@H](NC(=O)c1ccc2c(c1)/C(=C(/NCc1ccccc1NC(=O)Nc1ccc3c(c1)OCO3)c1ccccc1)C(=O)N2)c1ccccc1. The first kappa shape index (κ1) is 32.0. The topological polar surface area (TPSA) is 130 Å². The number of benzene rings is 5. The van der Waals surface area contributed by atoms with E-state index in [9.17, 15) is 14.4 Å². The number of urea groups is 1. The number of hydrogen-bond acceptors (Lipinski definition) is 6. The van der Waals surface area contributed by atoms with Gasteiger partial charge in [-0.05, 0) is 59.5 Å². The lowest BCUT2D eigenvalue weighted by Gasteiger charge is -2.18. The minimum atomic E-state index is -0.426. The van der Waals surface area contributed by atoms with Crippen LogP contribution >= 0.6 is 0 Å². The summed E-state index contributed by atoms with van der Waals surface area (Å²) in [5.74, 6) is 0.683. The minimum Gasteiger partial charge on any atom is -0.454 e. The quantitative estimate of drug-likeness (QED) is 0.0980. The van der Waals surface area contributed by atoms with Crippen molar-refractivity contribution in [1.82, 2.24) is 10.6 Å². The van der Waals surface area contributed by atoms with Gasteiger partial charge in [0.2, 0.25) is 6.79 Å². The van der Waals surface area contributed by atoms with Crippen LogP contribution in [0.3, 0.4) is 0 Å². The number of nitrogens with one attached hydrogen (secondary N) is 5. The molecule has 10 nitrogen and oxygen atoms in total. The number of fused-ring (bicyclic) bond motifs is 2. The van der Waals surface area contributed by atoms with E-state index < -0.39 is 6.03 Å². The van der Waals surface area contributed by atoms with Crippen LogP contribution in [-0.4, -0.2) is 24.6 Å². The summed E-state index contributed by atoms with van der Waals surface area (Å²) in [5, 5.41) is 15.4. The third-order valence-electron chi connectivity index (χ3n) is 8.61. The molecule has 5 aromatic rings. The average molecular weight is 666 g/mol. The van der Waals surface area contributed by atoms with Gasteiger partial charge in [0, 0.05) is 40.8 Å². The van der Waals surface area contributed by atoms with E-state index in [1.165, 1.54) is 0 Å². The van der Waals surface area contributed by atoms with Gasteiger partial charge in [-0.1, -0.05) is 85.8 Å². The molecule has 0 saturated carbocycles. The maximum Gasteiger partial charge on any atom is 0.323 e. The van der Waals surface area contributed by atoms with Crippen molar-refractivity contribution in [2.45, 2.75) is 25.9 Å². The molecule has 2 heterocycles. The summed E-state index contributed by atoms with van der Waals surface area (Å²) in [4.78, 5) is 40.2. The van der Waals surface area contributed by atoms with Gasteiger partial charge in [-0.3, -0.25) is 9.59 Å². The van der Waals surface area contributed by atoms with Crippen molar-refractivity contribution in [3.05, 3.63) is 149 Å². The standard InChI is InChI=1S/C40H35N5O5/c1-2-31(25-11-5-3-6-12-25)43-38(46)27-17-19-33-30(21-27)36(39(47)44-33)37(26-13-7-4-8-14-26)41-23-28-15-9-10-16-32(28)45-40(48)42-29-18-20-34-35(22-29)50-24-49-34/h3-22,31,41H,2,23-24H2,1H3,(H,43,46)(H,44,47)(H2,42,45,48)/b37-36-/t31-/m1/s1. The summed E-state index contributed by atoms with van der Waals surface area (Å²) in [5.41, 5.74) is 6.46. The van der Waals surface area contributed by atoms with Crippen molar-refractivity contribution in [2.75, 3.05) is 22.7 Å². The fraction of sp³-hybridized carbons (Fsp3) is 0.125. The third kappa shape index (κ3) is 6.86. The molecule has 0 aliphatic carbocycles. The largest absolute Gasteiger partial charge is 0.454 e. The molecule has 5 aromatic carbocycles. The van der Waals surface area contributed by atoms with Crippen molar-refractivity contribution in [1.29, 1.82) is 0 Å². The maximum atomic E-state index is 13.6. The molecule has 0 bridgehead atoms. The second kappa shape index (κ2) is 14.3. The van der Waals surface area contributed by atoms with Crippen molar-refractivity contribution < 1.29 is 23.9 Å². The van der Waals surface area contributed by atoms with E-state index in [0.717, 1.165) is 23.1 Å². The fourth-order valence-corrected chi connectivity index (χ4v) is 6.08. The van der Waals surface area contributed by atoms with Crippen molar-refractivity contribution in [3.63, 3.8) is 0 Å². The normalized spacial score (nSPS) is 14.2. The summed E-state index contributed by atoms with van der Waals surface area (Å²) in [6.07, 6.45) is 0.727. The minimum absolute atomic E-state index is 0.143. The Bertz CT molecular complexity index is 2100. The predicted octanol–water partition coefficient (Wildman–Crippen LogP) is 7.55. The Labute approximate surface area is 289 Å². The molecule has 5 N–H and O–H groups in total. The lowest BCUT2D eigenvalue weighted by molar-refractivity contribution is -0.110. The van der Waals surface area contributed by atoms with Crippen LogP contribution < -0.4 is 36.1 Å². The fourth-order valence-electron chi connectivity index (χ4n) is 6.08. The van der Waals surface area contributed by atoms with E-state index in [4.69, 9.17) is 9.47 Å². The lowest BCUT2D eigenvalue weighted by Crippen LogP contribution is -2.28. The molecule has 2 aliphatic rings. The first-order valence-corrected chi connectivity index (χ1v) is 16.4. The number of hydrogen-bond donors (Lipinski definition) is 5. The van der Waals surface area contributed by atoms with Crippen LogP contribution in [-0.2, 0) is 11.3 Å².